The molecular weight excluding hydrogens is 378 g/mol. The van der Waals surface area contributed by atoms with Crippen molar-refractivity contribution >= 4 is 55.7 Å². The van der Waals surface area contributed by atoms with Crippen LogP contribution in [0.1, 0.15) is 0 Å². The van der Waals surface area contributed by atoms with Gasteiger partial charge < -0.3 is 5.73 Å². The maximum atomic E-state index is 13.4. The summed E-state index contributed by atoms with van der Waals surface area (Å²) < 4.78 is 1.74. The minimum atomic E-state index is -0.0264. The lowest BCUT2D eigenvalue weighted by Crippen LogP contribution is -2.13. The summed E-state index contributed by atoms with van der Waals surface area (Å²) in [5.41, 5.74) is 8.92. The molecule has 0 atom stereocenters. The van der Waals surface area contributed by atoms with E-state index in [0.29, 0.717) is 11.0 Å². The van der Waals surface area contributed by atoms with Gasteiger partial charge in [-0.25, -0.2) is 4.98 Å². The first-order chi connectivity index (χ1) is 14.2. The first-order valence-electron chi connectivity index (χ1n) is 9.32. The third kappa shape index (κ3) is 2.34. The van der Waals surface area contributed by atoms with E-state index < -0.39 is 0 Å². The zero-order chi connectivity index (χ0) is 19.5. The van der Waals surface area contributed by atoms with Crippen molar-refractivity contribution in [2.24, 2.45) is 0 Å². The van der Waals surface area contributed by atoms with Crippen LogP contribution in [0.4, 0.5) is 5.69 Å². The van der Waals surface area contributed by atoms with Gasteiger partial charge in [0.2, 0.25) is 0 Å². The zero-order valence-electron chi connectivity index (χ0n) is 15.3. The van der Waals surface area contributed by atoms with Crippen LogP contribution < -0.4 is 11.3 Å². The van der Waals surface area contributed by atoms with Crippen molar-refractivity contribution in [1.29, 1.82) is 0 Å². The van der Waals surface area contributed by atoms with Crippen LogP contribution >= 0.6 is 11.8 Å². The highest BCUT2D eigenvalue weighted by Gasteiger charge is 2.17. The summed E-state index contributed by atoms with van der Waals surface area (Å²) in [6.07, 6.45) is 0. The summed E-state index contributed by atoms with van der Waals surface area (Å²) in [7, 11) is 0. The molecule has 0 aliphatic carbocycles. The fraction of sp³-hybridized carbons (Fsp3) is 0. The minimum Gasteiger partial charge on any atom is -0.399 e. The molecule has 0 amide bonds. The second kappa shape index (κ2) is 5.96. The summed E-state index contributed by atoms with van der Waals surface area (Å²) >= 11 is 1.67. The molecule has 6 rings (SSSR count). The van der Waals surface area contributed by atoms with Gasteiger partial charge in [0.05, 0.1) is 11.0 Å². The minimum absolute atomic E-state index is 0.0264. The average molecular weight is 393 g/mol. The van der Waals surface area contributed by atoms with Gasteiger partial charge in [-0.1, -0.05) is 42.1 Å². The molecule has 2 aromatic heterocycles. The molecule has 2 N–H and O–H groups in total. The Morgan fingerprint density at radius 1 is 0.793 bits per heavy atom. The Morgan fingerprint density at radius 2 is 1.59 bits per heavy atom. The first-order valence-corrected chi connectivity index (χ1v) is 10.1. The number of nitrogens with two attached hydrogens (primary N) is 1. The van der Waals surface area contributed by atoms with E-state index in [2.05, 4.69) is 6.07 Å². The van der Waals surface area contributed by atoms with E-state index in [1.54, 1.807) is 16.2 Å². The second-order valence-electron chi connectivity index (χ2n) is 7.08. The lowest BCUT2D eigenvalue weighted by atomic mass is 10.0. The number of rotatable bonds is 2. The topological polar surface area (TPSA) is 60.4 Å². The van der Waals surface area contributed by atoms with Gasteiger partial charge in [0, 0.05) is 31.6 Å². The maximum Gasteiger partial charge on any atom is 0.264 e. The highest BCUT2D eigenvalue weighted by atomic mass is 32.2. The van der Waals surface area contributed by atoms with Crippen LogP contribution in [0.2, 0.25) is 0 Å². The second-order valence-corrected chi connectivity index (χ2v) is 8.19. The van der Waals surface area contributed by atoms with Crippen molar-refractivity contribution in [3.05, 3.63) is 89.2 Å². The summed E-state index contributed by atoms with van der Waals surface area (Å²) in [4.78, 5) is 20.4. The van der Waals surface area contributed by atoms with E-state index in [0.717, 1.165) is 42.7 Å². The van der Waals surface area contributed by atoms with Gasteiger partial charge in [0.15, 0.2) is 0 Å². The van der Waals surface area contributed by atoms with E-state index in [4.69, 9.17) is 10.7 Å². The molecule has 0 aliphatic rings. The molecule has 0 saturated heterocycles. The van der Waals surface area contributed by atoms with E-state index >= 15 is 0 Å². The van der Waals surface area contributed by atoms with Crippen molar-refractivity contribution < 1.29 is 0 Å². The number of pyridine rings is 1. The highest BCUT2D eigenvalue weighted by Crippen LogP contribution is 2.38. The lowest BCUT2D eigenvalue weighted by molar-refractivity contribution is 1.19. The van der Waals surface area contributed by atoms with Gasteiger partial charge in [-0.3, -0.25) is 9.20 Å². The van der Waals surface area contributed by atoms with Crippen LogP contribution in [-0.4, -0.2) is 9.38 Å². The largest absolute Gasteiger partial charge is 0.399 e. The first kappa shape index (κ1) is 16.4. The molecule has 0 radical (unpaired) electrons. The molecular formula is C24H15N3OS. The highest BCUT2D eigenvalue weighted by molar-refractivity contribution is 7.99. The number of aromatic nitrogens is 2. The van der Waals surface area contributed by atoms with Crippen molar-refractivity contribution in [1.82, 2.24) is 9.38 Å². The number of imidazole rings is 1. The van der Waals surface area contributed by atoms with Gasteiger partial charge in [-0.2, -0.15) is 0 Å². The smallest absolute Gasteiger partial charge is 0.264 e. The van der Waals surface area contributed by atoms with Crippen LogP contribution in [0.5, 0.6) is 0 Å². The van der Waals surface area contributed by atoms with E-state index in [-0.39, 0.29) is 5.56 Å². The van der Waals surface area contributed by atoms with Crippen LogP contribution in [0, 0.1) is 0 Å². The Labute approximate surface area is 169 Å². The number of hydrogen-bond acceptors (Lipinski definition) is 4. The molecule has 0 fully saturated rings. The fourth-order valence-corrected chi connectivity index (χ4v) is 4.97. The maximum absolute atomic E-state index is 13.4. The Kier molecular flexibility index (Phi) is 3.37. The number of anilines is 1. The predicted octanol–water partition coefficient (Wildman–Crippen LogP) is 5.33. The third-order valence-electron chi connectivity index (χ3n) is 5.34. The standard InChI is InChI=1S/C24H15N3OS/c25-14-8-10-15(11-9-14)29-21-13-12-18-22-16(21)4-3-5-17(22)23-26-19-6-1-2-7-20(19)27(23)24(18)28/h1-13H,25H2. The van der Waals surface area contributed by atoms with Gasteiger partial charge in [-0.05, 0) is 53.9 Å². The van der Waals surface area contributed by atoms with E-state index in [9.17, 15) is 4.79 Å². The number of fused-ring (bicyclic) bond motifs is 4. The summed E-state index contributed by atoms with van der Waals surface area (Å²) in [6, 6.07) is 25.7. The molecule has 5 heteroatoms. The Morgan fingerprint density at radius 3 is 2.45 bits per heavy atom. The van der Waals surface area contributed by atoms with E-state index in [1.165, 1.54) is 0 Å². The lowest BCUT2D eigenvalue weighted by Gasteiger charge is -2.11. The number of nitrogen functional groups attached to an aromatic ring is 1. The van der Waals surface area contributed by atoms with Gasteiger partial charge >= 0.3 is 0 Å². The normalized spacial score (nSPS) is 11.9. The van der Waals surface area contributed by atoms with Crippen molar-refractivity contribution in [3.8, 4) is 0 Å². The molecule has 0 aliphatic heterocycles. The summed E-state index contributed by atoms with van der Waals surface area (Å²) in [5, 5.41) is 3.75. The molecule has 0 spiro atoms. The Balaban J connectivity index is 1.70. The predicted molar refractivity (Wildman–Crippen MR) is 120 cm³/mol. The number of hydrogen-bond donors (Lipinski definition) is 1. The molecule has 0 bridgehead atoms. The fourth-order valence-electron chi connectivity index (χ4n) is 4.03. The Bertz CT molecular complexity index is 1600. The molecule has 2 heterocycles. The van der Waals surface area contributed by atoms with Gasteiger partial charge in [0.25, 0.3) is 5.56 Å². The molecule has 29 heavy (non-hydrogen) atoms. The van der Waals surface area contributed by atoms with Crippen LogP contribution in [0.15, 0.2) is 93.4 Å². The summed E-state index contributed by atoms with van der Waals surface area (Å²) in [6.45, 7) is 0. The third-order valence-corrected chi connectivity index (χ3v) is 6.43. The number of nitrogens with zero attached hydrogens (tertiary/aromatic N) is 2. The van der Waals surface area contributed by atoms with Crippen molar-refractivity contribution in [3.63, 3.8) is 0 Å². The molecule has 6 aromatic rings. The molecule has 138 valence electrons. The monoisotopic (exact) mass is 393 g/mol. The quantitative estimate of drug-likeness (QED) is 0.404. The molecule has 4 nitrogen and oxygen atoms in total. The van der Waals surface area contributed by atoms with Crippen molar-refractivity contribution in [2.75, 3.05) is 5.73 Å². The average Bonchev–Trinajstić information content (AvgIpc) is 3.14. The number of para-hydroxylation sites is 2. The molecule has 0 unspecified atom stereocenters. The van der Waals surface area contributed by atoms with Crippen LogP contribution in [-0.2, 0) is 0 Å². The molecule has 0 saturated carbocycles. The number of benzene rings is 4. The van der Waals surface area contributed by atoms with Crippen LogP contribution in [0.3, 0.4) is 0 Å². The SMILES string of the molecule is Nc1ccc(Sc2ccc3c(=O)n4c5ccccc5nc4c4cccc2c34)cc1. The molecule has 4 aromatic carbocycles. The van der Waals surface area contributed by atoms with Gasteiger partial charge in [-0.15, -0.1) is 0 Å². The van der Waals surface area contributed by atoms with Gasteiger partial charge in [0.1, 0.15) is 5.65 Å². The summed E-state index contributed by atoms with van der Waals surface area (Å²) in [5.74, 6) is 0. The zero-order valence-corrected chi connectivity index (χ0v) is 16.1. The van der Waals surface area contributed by atoms with E-state index in [1.807, 2.05) is 72.8 Å². The van der Waals surface area contributed by atoms with Crippen LogP contribution in [0.25, 0.3) is 38.2 Å². The van der Waals surface area contributed by atoms with Crippen molar-refractivity contribution in [2.45, 2.75) is 9.79 Å². The Hall–Kier alpha value is -3.57.